The fraction of sp³-hybridized carbons (Fsp3) is 0.533. The third-order valence-corrected chi connectivity index (χ3v) is 3.91. The first-order valence-corrected chi connectivity index (χ1v) is 7.13. The summed E-state index contributed by atoms with van der Waals surface area (Å²) in [6.45, 7) is 2.87. The number of nitrogen functional groups attached to an aromatic ring is 1. The summed E-state index contributed by atoms with van der Waals surface area (Å²) in [7, 11) is 0. The van der Waals surface area contributed by atoms with Gasteiger partial charge in [0.05, 0.1) is 11.3 Å². The summed E-state index contributed by atoms with van der Waals surface area (Å²) >= 11 is 0. The average molecular weight is 280 g/mol. The molecule has 2 rings (SSSR count). The fourth-order valence-electron chi connectivity index (χ4n) is 2.93. The largest absolute Gasteiger partial charge is 0.478 e. The van der Waals surface area contributed by atoms with Crippen molar-refractivity contribution in [3.63, 3.8) is 0 Å². The second kappa shape index (κ2) is 6.11. The third-order valence-electron chi connectivity index (χ3n) is 3.91. The molecule has 0 spiro atoms. The van der Waals surface area contributed by atoms with Crippen LogP contribution in [0.4, 0.5) is 15.8 Å². The maximum absolute atomic E-state index is 14.2. The molecule has 1 aromatic carbocycles. The minimum atomic E-state index is -1.12. The van der Waals surface area contributed by atoms with Crippen LogP contribution in [0.1, 0.15) is 49.4 Å². The average Bonchev–Trinajstić information content (AvgIpc) is 2.40. The lowest BCUT2D eigenvalue weighted by Gasteiger charge is -2.38. The molecule has 0 aromatic heterocycles. The number of carboxylic acid groups (broad SMARTS) is 1. The Morgan fingerprint density at radius 3 is 2.90 bits per heavy atom. The van der Waals surface area contributed by atoms with Crippen LogP contribution in [-0.4, -0.2) is 23.7 Å². The summed E-state index contributed by atoms with van der Waals surface area (Å²) in [6, 6.07) is 2.78. The number of benzene rings is 1. The van der Waals surface area contributed by atoms with Crippen LogP contribution in [0, 0.1) is 5.82 Å². The Labute approximate surface area is 118 Å². The molecule has 4 nitrogen and oxygen atoms in total. The van der Waals surface area contributed by atoms with Crippen molar-refractivity contribution in [2.24, 2.45) is 0 Å². The van der Waals surface area contributed by atoms with Gasteiger partial charge in [-0.1, -0.05) is 13.3 Å². The first-order chi connectivity index (χ1) is 9.54. The van der Waals surface area contributed by atoms with E-state index >= 15 is 0 Å². The number of piperidine rings is 1. The van der Waals surface area contributed by atoms with Crippen LogP contribution in [-0.2, 0) is 0 Å². The molecule has 0 radical (unpaired) electrons. The van der Waals surface area contributed by atoms with Gasteiger partial charge in [0.1, 0.15) is 5.82 Å². The summed E-state index contributed by atoms with van der Waals surface area (Å²) in [5.41, 5.74) is 5.89. The molecule has 110 valence electrons. The van der Waals surface area contributed by atoms with Gasteiger partial charge in [-0.2, -0.15) is 0 Å². The summed E-state index contributed by atoms with van der Waals surface area (Å²) in [5, 5.41) is 9.13. The van der Waals surface area contributed by atoms with Gasteiger partial charge < -0.3 is 15.7 Å². The van der Waals surface area contributed by atoms with Gasteiger partial charge >= 0.3 is 5.97 Å². The zero-order valence-corrected chi connectivity index (χ0v) is 11.7. The van der Waals surface area contributed by atoms with E-state index in [9.17, 15) is 9.18 Å². The second-order valence-electron chi connectivity index (χ2n) is 5.33. The zero-order valence-electron chi connectivity index (χ0n) is 11.7. The number of nitrogens with zero attached hydrogens (tertiary/aromatic N) is 1. The van der Waals surface area contributed by atoms with Crippen molar-refractivity contribution >= 4 is 17.3 Å². The van der Waals surface area contributed by atoms with Crippen molar-refractivity contribution in [3.05, 3.63) is 23.5 Å². The highest BCUT2D eigenvalue weighted by Crippen LogP contribution is 2.32. The number of hydrogen-bond acceptors (Lipinski definition) is 3. The van der Waals surface area contributed by atoms with Crippen molar-refractivity contribution in [1.82, 2.24) is 0 Å². The highest BCUT2D eigenvalue weighted by Gasteiger charge is 2.25. The van der Waals surface area contributed by atoms with E-state index in [1.807, 2.05) is 4.90 Å². The summed E-state index contributed by atoms with van der Waals surface area (Å²) in [6.07, 6.45) is 5.20. The standard InChI is InChI=1S/C15H21FN2O2/c1-2-5-10-6-3-4-7-18(10)14-8-11(15(19)20)13(17)9-12(14)16/h8-10H,2-7,17H2,1H3,(H,19,20). The van der Waals surface area contributed by atoms with Crippen LogP contribution in [0.2, 0.25) is 0 Å². The molecule has 0 amide bonds. The molecule has 20 heavy (non-hydrogen) atoms. The number of aromatic carboxylic acids is 1. The first-order valence-electron chi connectivity index (χ1n) is 7.13. The molecule has 1 aliphatic rings. The molecule has 0 aliphatic carbocycles. The number of carboxylic acids is 1. The fourth-order valence-corrected chi connectivity index (χ4v) is 2.93. The number of carbonyl (C=O) groups is 1. The highest BCUT2D eigenvalue weighted by atomic mass is 19.1. The lowest BCUT2D eigenvalue weighted by molar-refractivity contribution is 0.0698. The van der Waals surface area contributed by atoms with E-state index in [1.54, 1.807) is 0 Å². The lowest BCUT2D eigenvalue weighted by Crippen LogP contribution is -2.40. The minimum Gasteiger partial charge on any atom is -0.478 e. The minimum absolute atomic E-state index is 0.0252. The van der Waals surface area contributed by atoms with E-state index in [2.05, 4.69) is 6.92 Å². The van der Waals surface area contributed by atoms with Crippen molar-refractivity contribution in [2.75, 3.05) is 17.2 Å². The Morgan fingerprint density at radius 1 is 1.50 bits per heavy atom. The second-order valence-corrected chi connectivity index (χ2v) is 5.33. The number of hydrogen-bond donors (Lipinski definition) is 2. The van der Waals surface area contributed by atoms with E-state index < -0.39 is 11.8 Å². The van der Waals surface area contributed by atoms with Crippen LogP contribution in [0.3, 0.4) is 0 Å². The molecule has 5 heteroatoms. The normalized spacial score (nSPS) is 19.1. The van der Waals surface area contributed by atoms with Gasteiger partial charge in [0, 0.05) is 18.3 Å². The maximum Gasteiger partial charge on any atom is 0.337 e. The van der Waals surface area contributed by atoms with E-state index in [1.165, 1.54) is 6.07 Å². The van der Waals surface area contributed by atoms with Gasteiger partial charge in [-0.3, -0.25) is 0 Å². The highest BCUT2D eigenvalue weighted by molar-refractivity contribution is 5.95. The zero-order chi connectivity index (χ0) is 14.7. The van der Waals surface area contributed by atoms with Crippen molar-refractivity contribution in [3.8, 4) is 0 Å². The molecule has 1 heterocycles. The number of anilines is 2. The van der Waals surface area contributed by atoms with Crippen LogP contribution >= 0.6 is 0 Å². The van der Waals surface area contributed by atoms with Gasteiger partial charge in [-0.25, -0.2) is 9.18 Å². The smallest absolute Gasteiger partial charge is 0.337 e. The van der Waals surface area contributed by atoms with Crippen LogP contribution < -0.4 is 10.6 Å². The topological polar surface area (TPSA) is 66.6 Å². The Morgan fingerprint density at radius 2 is 2.25 bits per heavy atom. The Hall–Kier alpha value is -1.78. The number of halogens is 1. The van der Waals surface area contributed by atoms with E-state index in [4.69, 9.17) is 10.8 Å². The molecule has 3 N–H and O–H groups in total. The van der Waals surface area contributed by atoms with E-state index in [0.717, 1.165) is 44.7 Å². The van der Waals surface area contributed by atoms with Gasteiger partial charge in [-0.05, 0) is 37.8 Å². The van der Waals surface area contributed by atoms with Gasteiger partial charge in [0.25, 0.3) is 0 Å². The van der Waals surface area contributed by atoms with Gasteiger partial charge in [-0.15, -0.1) is 0 Å². The quantitative estimate of drug-likeness (QED) is 0.831. The molecule has 1 aromatic rings. The van der Waals surface area contributed by atoms with Crippen LogP contribution in [0.5, 0.6) is 0 Å². The molecule has 1 unspecified atom stereocenters. The van der Waals surface area contributed by atoms with Gasteiger partial charge in [0.15, 0.2) is 0 Å². The van der Waals surface area contributed by atoms with Crippen molar-refractivity contribution in [1.29, 1.82) is 0 Å². The van der Waals surface area contributed by atoms with E-state index in [0.29, 0.717) is 5.69 Å². The summed E-state index contributed by atoms with van der Waals surface area (Å²) in [5.74, 6) is -1.55. The molecule has 1 fully saturated rings. The summed E-state index contributed by atoms with van der Waals surface area (Å²) in [4.78, 5) is 13.2. The SMILES string of the molecule is CCCC1CCCCN1c1cc(C(=O)O)c(N)cc1F. The Balaban J connectivity index is 2.39. The molecule has 1 saturated heterocycles. The maximum atomic E-state index is 14.2. The molecular formula is C15H21FN2O2. The predicted molar refractivity (Wildman–Crippen MR) is 77.7 cm³/mol. The molecular weight excluding hydrogens is 259 g/mol. The monoisotopic (exact) mass is 280 g/mol. The van der Waals surface area contributed by atoms with E-state index in [-0.39, 0.29) is 17.3 Å². The molecule has 1 atom stereocenters. The predicted octanol–water partition coefficient (Wildman–Crippen LogP) is 3.27. The molecule has 0 bridgehead atoms. The Bertz CT molecular complexity index is 503. The number of nitrogens with two attached hydrogens (primary N) is 1. The third kappa shape index (κ3) is 2.86. The van der Waals surface area contributed by atoms with Gasteiger partial charge in [0.2, 0.25) is 0 Å². The molecule has 1 aliphatic heterocycles. The van der Waals surface area contributed by atoms with Crippen LogP contribution in [0.25, 0.3) is 0 Å². The van der Waals surface area contributed by atoms with Crippen molar-refractivity contribution < 1.29 is 14.3 Å². The number of rotatable bonds is 4. The summed E-state index contributed by atoms with van der Waals surface area (Å²) < 4.78 is 14.2. The lowest BCUT2D eigenvalue weighted by atomic mass is 9.97. The van der Waals surface area contributed by atoms with Crippen molar-refractivity contribution in [2.45, 2.75) is 45.1 Å². The molecule has 0 saturated carbocycles. The van der Waals surface area contributed by atoms with Crippen LogP contribution in [0.15, 0.2) is 12.1 Å². The first kappa shape index (κ1) is 14.6. The Kier molecular flexibility index (Phi) is 4.47.